The molecule has 3 aliphatic rings. The van der Waals surface area contributed by atoms with Crippen LogP contribution in [0.4, 0.5) is 34.1 Å². The fraction of sp³-hybridized carbons (Fsp3) is 0.238. The molecule has 0 amide bonds. The molecule has 2 heterocycles. The molecule has 0 aliphatic heterocycles. The number of rotatable bonds is 8. The molecule has 8 aromatic carbocycles. The lowest BCUT2D eigenvalue weighted by Gasteiger charge is -2.29. The molecule has 2 fully saturated rings. The van der Waals surface area contributed by atoms with Gasteiger partial charge in [-0.15, -0.1) is 0 Å². The lowest BCUT2D eigenvalue weighted by atomic mass is 9.84. The molecule has 324 valence electrons. The van der Waals surface area contributed by atoms with Crippen molar-refractivity contribution in [3.63, 3.8) is 0 Å². The minimum atomic E-state index is -0.257. The van der Waals surface area contributed by atoms with Gasteiger partial charge >= 0.3 is 0 Å². The molecule has 2 aromatic heterocycles. The largest absolute Gasteiger partial charge is 0.311 e. The average Bonchev–Trinajstić information content (AvgIpc) is 3.98. The van der Waals surface area contributed by atoms with E-state index in [1.54, 1.807) is 0 Å². The maximum absolute atomic E-state index is 2.64. The van der Waals surface area contributed by atoms with Crippen molar-refractivity contribution in [2.24, 2.45) is 0 Å². The van der Waals surface area contributed by atoms with Crippen LogP contribution in [-0.4, -0.2) is 4.40 Å². The summed E-state index contributed by atoms with van der Waals surface area (Å²) >= 11 is 0. The molecule has 3 heteroatoms. The summed E-state index contributed by atoms with van der Waals surface area (Å²) in [6.45, 7) is 4.90. The van der Waals surface area contributed by atoms with Crippen LogP contribution in [-0.2, 0) is 5.41 Å². The van der Waals surface area contributed by atoms with E-state index in [4.69, 9.17) is 0 Å². The van der Waals surface area contributed by atoms with E-state index in [1.165, 1.54) is 170 Å². The Kier molecular flexibility index (Phi) is 9.38. The lowest BCUT2D eigenvalue weighted by molar-refractivity contribution is 0.443. The van der Waals surface area contributed by atoms with Crippen molar-refractivity contribution in [2.45, 2.75) is 95.3 Å². The maximum atomic E-state index is 2.64. The van der Waals surface area contributed by atoms with Crippen LogP contribution >= 0.6 is 0 Å². The summed E-state index contributed by atoms with van der Waals surface area (Å²) in [7, 11) is 0. The molecule has 0 N–H and O–H groups in total. The number of aromatic nitrogens is 1. The Balaban J connectivity index is 0.957. The molecule has 3 aliphatic carbocycles. The van der Waals surface area contributed by atoms with Crippen LogP contribution in [0, 0.1) is 0 Å². The van der Waals surface area contributed by atoms with Crippen LogP contribution in [0.15, 0.2) is 176 Å². The third-order valence-corrected chi connectivity index (χ3v) is 16.0. The van der Waals surface area contributed by atoms with E-state index in [1.807, 2.05) is 0 Å². The van der Waals surface area contributed by atoms with Crippen LogP contribution in [0.1, 0.15) is 112 Å². The second kappa shape index (κ2) is 15.7. The highest BCUT2D eigenvalue weighted by Crippen LogP contribution is 2.57. The quantitative estimate of drug-likeness (QED) is 0.151. The molecule has 0 radical (unpaired) electrons. The van der Waals surface area contributed by atoms with E-state index in [2.05, 4.69) is 204 Å². The van der Waals surface area contributed by atoms with E-state index in [0.29, 0.717) is 11.8 Å². The molecule has 13 rings (SSSR count). The number of fused-ring (bicyclic) bond motifs is 10. The van der Waals surface area contributed by atoms with E-state index in [0.717, 1.165) is 0 Å². The van der Waals surface area contributed by atoms with Gasteiger partial charge in [-0.2, -0.15) is 0 Å². The fourth-order valence-corrected chi connectivity index (χ4v) is 12.8. The molecule has 66 heavy (non-hydrogen) atoms. The fourth-order valence-electron chi connectivity index (χ4n) is 12.8. The van der Waals surface area contributed by atoms with Crippen LogP contribution in [0.3, 0.4) is 0 Å². The third kappa shape index (κ3) is 6.23. The molecule has 0 atom stereocenters. The maximum Gasteiger partial charge on any atom is 0.0624 e. The minimum Gasteiger partial charge on any atom is -0.311 e. The predicted molar refractivity (Wildman–Crippen MR) is 280 cm³/mol. The van der Waals surface area contributed by atoms with Crippen molar-refractivity contribution < 1.29 is 0 Å². The van der Waals surface area contributed by atoms with Gasteiger partial charge in [0.05, 0.1) is 11.0 Å². The molecular formula is C63H57N3. The summed E-state index contributed by atoms with van der Waals surface area (Å²) < 4.78 is 2.64. The van der Waals surface area contributed by atoms with Gasteiger partial charge in [0.15, 0.2) is 0 Å². The van der Waals surface area contributed by atoms with Gasteiger partial charge in [-0.3, -0.25) is 0 Å². The predicted octanol–water partition coefficient (Wildman–Crippen LogP) is 18.2. The first-order valence-corrected chi connectivity index (χ1v) is 24.8. The van der Waals surface area contributed by atoms with Crippen LogP contribution < -0.4 is 9.80 Å². The zero-order valence-electron chi connectivity index (χ0n) is 38.3. The summed E-state index contributed by atoms with van der Waals surface area (Å²) in [5.74, 6) is 1.36. The Morgan fingerprint density at radius 1 is 0.439 bits per heavy atom. The number of anilines is 6. The van der Waals surface area contributed by atoms with Gasteiger partial charge in [0.25, 0.3) is 0 Å². The lowest BCUT2D eigenvalue weighted by Crippen LogP contribution is -2.19. The molecule has 3 nitrogen and oxygen atoms in total. The Morgan fingerprint density at radius 2 is 0.939 bits per heavy atom. The summed E-state index contributed by atoms with van der Waals surface area (Å²) in [6, 6.07) is 66.9. The molecule has 10 aromatic rings. The molecule has 2 saturated carbocycles. The van der Waals surface area contributed by atoms with Crippen LogP contribution in [0.5, 0.6) is 0 Å². The highest BCUT2D eigenvalue weighted by Gasteiger charge is 2.42. The van der Waals surface area contributed by atoms with Crippen molar-refractivity contribution in [1.29, 1.82) is 0 Å². The number of hydrogen-bond donors (Lipinski definition) is 0. The van der Waals surface area contributed by atoms with Crippen LogP contribution in [0.25, 0.3) is 49.1 Å². The zero-order chi connectivity index (χ0) is 43.9. The van der Waals surface area contributed by atoms with E-state index in [-0.39, 0.29) is 5.41 Å². The molecular weight excluding hydrogens is 799 g/mol. The summed E-state index contributed by atoms with van der Waals surface area (Å²) in [6.07, 6.45) is 13.4. The SMILES string of the molecule is CC1(C)c2cc(N(c3ccccc3)c3ccc(C4CCCCC4)cc3)ccc2-c2c1n1c3ccccc3c3c4cc(N(c5ccccc5)c5ccc(C6CCCCC6)cc5)ccc4cc2c31. The van der Waals surface area contributed by atoms with Crippen molar-refractivity contribution >= 4 is 72.1 Å². The topological polar surface area (TPSA) is 10.9 Å². The first kappa shape index (κ1) is 39.5. The Hall–Kier alpha value is -6.84. The second-order valence-electron chi connectivity index (χ2n) is 20.2. The zero-order valence-corrected chi connectivity index (χ0v) is 38.3. The van der Waals surface area contributed by atoms with Crippen molar-refractivity contribution in [3.05, 3.63) is 198 Å². The van der Waals surface area contributed by atoms with Gasteiger partial charge in [0.1, 0.15) is 0 Å². The van der Waals surface area contributed by atoms with Gasteiger partial charge in [0.2, 0.25) is 0 Å². The molecule has 0 bridgehead atoms. The molecule has 0 unspecified atom stereocenters. The summed E-state index contributed by atoms with van der Waals surface area (Å²) in [5, 5.41) is 6.56. The Labute approximate surface area is 389 Å². The monoisotopic (exact) mass is 855 g/mol. The smallest absolute Gasteiger partial charge is 0.0624 e. The van der Waals surface area contributed by atoms with Crippen LogP contribution in [0.2, 0.25) is 0 Å². The van der Waals surface area contributed by atoms with Gasteiger partial charge in [-0.05, 0) is 155 Å². The average molecular weight is 856 g/mol. The normalized spacial score (nSPS) is 16.3. The number of para-hydroxylation sites is 3. The third-order valence-electron chi connectivity index (χ3n) is 16.0. The molecule has 0 saturated heterocycles. The number of benzene rings is 8. The minimum absolute atomic E-state index is 0.257. The number of hydrogen-bond acceptors (Lipinski definition) is 2. The first-order chi connectivity index (χ1) is 32.5. The Bertz CT molecular complexity index is 3390. The van der Waals surface area contributed by atoms with Gasteiger partial charge in [0, 0.05) is 67.0 Å². The highest BCUT2D eigenvalue weighted by atomic mass is 15.1. The Morgan fingerprint density at radius 3 is 1.53 bits per heavy atom. The van der Waals surface area contributed by atoms with Crippen molar-refractivity contribution in [2.75, 3.05) is 9.80 Å². The molecule has 0 spiro atoms. The summed E-state index contributed by atoms with van der Waals surface area (Å²) in [5.41, 5.74) is 17.9. The second-order valence-corrected chi connectivity index (χ2v) is 20.2. The van der Waals surface area contributed by atoms with E-state index >= 15 is 0 Å². The highest BCUT2D eigenvalue weighted by molar-refractivity contribution is 6.29. The van der Waals surface area contributed by atoms with E-state index < -0.39 is 0 Å². The van der Waals surface area contributed by atoms with E-state index in [9.17, 15) is 0 Å². The van der Waals surface area contributed by atoms with Crippen molar-refractivity contribution in [3.8, 4) is 11.1 Å². The van der Waals surface area contributed by atoms with Gasteiger partial charge in [-0.1, -0.05) is 143 Å². The number of nitrogens with zero attached hydrogens (tertiary/aromatic N) is 3. The van der Waals surface area contributed by atoms with Crippen molar-refractivity contribution in [1.82, 2.24) is 4.40 Å². The standard InChI is InChI=1S/C63H57N3/c1-63(2)57-41-52(65(48-23-13-6-14-24-48)50-34-29-45(30-35-50)43-19-9-4-10-20-43)37-38-53(57)60-56-39-46-31-36-51(40-55(46)59-54-25-15-16-26-58(54)66(61(56)59)62(60)63)64(47-21-11-5-12-22-47)49-32-27-44(28-33-49)42-17-7-3-8-18-42/h5-6,11-16,21-43H,3-4,7-10,17-20H2,1-2H3. The van der Waals surface area contributed by atoms with Gasteiger partial charge in [-0.25, -0.2) is 0 Å². The summed E-state index contributed by atoms with van der Waals surface area (Å²) in [4.78, 5) is 4.90. The first-order valence-electron chi connectivity index (χ1n) is 24.8. The van der Waals surface area contributed by atoms with Gasteiger partial charge < -0.3 is 14.2 Å².